The lowest BCUT2D eigenvalue weighted by Gasteiger charge is -2.44. The molecule has 0 atom stereocenters. The normalized spacial score (nSPS) is 12.4. The maximum absolute atomic E-state index is 14.3. The van der Waals surface area contributed by atoms with Crippen molar-refractivity contribution in [2.75, 3.05) is 4.90 Å². The van der Waals surface area contributed by atoms with Gasteiger partial charge in [-0.2, -0.15) is 0 Å². The van der Waals surface area contributed by atoms with Gasteiger partial charge in [0.15, 0.2) is 0 Å². The quantitative estimate of drug-likeness (QED) is 0.149. The number of rotatable bonds is 7. The molecule has 0 fully saturated rings. The molecule has 56 heavy (non-hydrogen) atoms. The molecule has 0 bridgehead atoms. The van der Waals surface area contributed by atoms with Gasteiger partial charge in [-0.3, -0.25) is 0 Å². The molecular formula is C52H36B2FN. The smallest absolute Gasteiger partial charge is 0.246 e. The van der Waals surface area contributed by atoms with Gasteiger partial charge in [0, 0.05) is 17.1 Å². The Hall–Kier alpha value is -6.90. The van der Waals surface area contributed by atoms with E-state index in [-0.39, 0.29) is 19.2 Å². The zero-order valence-electron chi connectivity index (χ0n) is 30.9. The van der Waals surface area contributed by atoms with Gasteiger partial charge in [0.25, 0.3) is 0 Å². The third-order valence-electron chi connectivity index (χ3n) is 11.6. The van der Waals surface area contributed by atoms with Gasteiger partial charge in [-0.1, -0.05) is 194 Å². The van der Waals surface area contributed by atoms with Crippen LogP contribution in [0.5, 0.6) is 0 Å². The van der Waals surface area contributed by atoms with E-state index in [1.165, 1.54) is 72.1 Å². The van der Waals surface area contributed by atoms with E-state index in [0.717, 1.165) is 22.3 Å². The maximum atomic E-state index is 14.3. The van der Waals surface area contributed by atoms with Gasteiger partial charge in [-0.15, -0.1) is 0 Å². The number of para-hydroxylation sites is 2. The second kappa shape index (κ2) is 13.7. The van der Waals surface area contributed by atoms with Crippen LogP contribution in [0.25, 0.3) is 45.5 Å². The molecule has 0 spiro atoms. The minimum absolute atomic E-state index is 0.0272. The minimum atomic E-state index is -0.240. The molecule has 0 aromatic heterocycles. The second-order valence-corrected chi connectivity index (χ2v) is 14.7. The molecule has 0 aliphatic carbocycles. The highest BCUT2D eigenvalue weighted by Crippen LogP contribution is 2.38. The Kier molecular flexibility index (Phi) is 8.26. The number of hydrogen-bond acceptors (Lipinski definition) is 1. The second-order valence-electron chi connectivity index (χ2n) is 14.7. The fourth-order valence-corrected chi connectivity index (χ4v) is 8.84. The first-order valence-electron chi connectivity index (χ1n) is 19.2. The molecular weight excluding hydrogens is 679 g/mol. The Morgan fingerprint density at radius 1 is 0.393 bits per heavy atom. The topological polar surface area (TPSA) is 3.24 Å². The number of hydrogen-bond donors (Lipinski definition) is 0. The van der Waals surface area contributed by atoms with Crippen LogP contribution in [0.15, 0.2) is 195 Å². The fraction of sp³-hybridized carbons (Fsp3) is 0. The Balaban J connectivity index is 1.18. The van der Waals surface area contributed by atoms with Crippen LogP contribution < -0.4 is 37.7 Å². The van der Waals surface area contributed by atoms with Gasteiger partial charge in [0.1, 0.15) is 5.82 Å². The molecule has 0 saturated heterocycles. The summed E-state index contributed by atoms with van der Waals surface area (Å²) in [5, 5.41) is 0. The van der Waals surface area contributed by atoms with E-state index in [1.54, 1.807) is 12.1 Å². The molecule has 8 aromatic carbocycles. The Labute approximate surface area is 328 Å². The molecule has 0 amide bonds. The molecule has 2 heterocycles. The van der Waals surface area contributed by atoms with Crippen molar-refractivity contribution in [1.29, 1.82) is 0 Å². The molecule has 262 valence electrons. The van der Waals surface area contributed by atoms with E-state index in [2.05, 4.69) is 176 Å². The van der Waals surface area contributed by atoms with Gasteiger partial charge >= 0.3 is 0 Å². The first-order valence-corrected chi connectivity index (χ1v) is 19.2. The fourth-order valence-electron chi connectivity index (χ4n) is 8.84. The highest BCUT2D eigenvalue weighted by atomic mass is 19.1. The monoisotopic (exact) mass is 715 g/mol. The lowest BCUT2D eigenvalue weighted by Crippen LogP contribution is -2.65. The molecule has 4 heteroatoms. The van der Waals surface area contributed by atoms with E-state index in [9.17, 15) is 4.39 Å². The van der Waals surface area contributed by atoms with Gasteiger partial charge in [-0.25, -0.2) is 4.39 Å². The summed E-state index contributed by atoms with van der Waals surface area (Å²) in [4.78, 5) is 2.49. The van der Waals surface area contributed by atoms with Crippen LogP contribution in [-0.2, 0) is 0 Å². The van der Waals surface area contributed by atoms with Crippen LogP contribution in [0.3, 0.4) is 0 Å². The third-order valence-corrected chi connectivity index (χ3v) is 11.6. The zero-order valence-corrected chi connectivity index (χ0v) is 30.9. The molecule has 1 nitrogen and oxygen atoms in total. The SMILES string of the molecule is C=Cc1ccc(-c2ccc(B3c4ccccc4N4c5ccccc5B(c5ccc(-c6ccc(C=C)cc6)cc5)c5cc(-c6ccc(F)cc6)cc3c54)cc2)cc1. The van der Waals surface area contributed by atoms with Crippen molar-refractivity contribution in [2.24, 2.45) is 0 Å². The Bertz CT molecular complexity index is 2600. The van der Waals surface area contributed by atoms with Gasteiger partial charge in [0.2, 0.25) is 13.4 Å². The standard InChI is InChI=1S/C52H36B2FN/c1-3-35-13-17-37(18-14-35)39-21-27-43(28-22-39)53-46-9-5-7-11-50(46)56-51-12-8-6-10-47(51)54(44-29-23-40(24-30-44)38-19-15-36(4-2)16-20-38)49-34-42(33-48(53)52(49)56)41-25-31-45(55)32-26-41/h3-34H,1-2H2. The lowest BCUT2D eigenvalue weighted by molar-refractivity contribution is 0.628. The summed E-state index contributed by atoms with van der Waals surface area (Å²) in [7, 11) is 0. The number of fused-ring (bicyclic) bond motifs is 4. The molecule has 0 radical (unpaired) electrons. The first-order chi connectivity index (χ1) is 27.6. The maximum Gasteiger partial charge on any atom is 0.246 e. The summed E-state index contributed by atoms with van der Waals surface area (Å²) < 4.78 is 14.3. The highest BCUT2D eigenvalue weighted by Gasteiger charge is 2.43. The predicted octanol–water partition coefficient (Wildman–Crippen LogP) is 9.24. The van der Waals surface area contributed by atoms with Gasteiger partial charge < -0.3 is 4.90 Å². The summed E-state index contributed by atoms with van der Waals surface area (Å²) in [6, 6.07) is 64.5. The van der Waals surface area contributed by atoms with Crippen LogP contribution in [-0.4, -0.2) is 13.4 Å². The Morgan fingerprint density at radius 3 is 1.16 bits per heavy atom. The number of benzene rings is 8. The van der Waals surface area contributed by atoms with E-state index in [4.69, 9.17) is 0 Å². The molecule has 10 rings (SSSR count). The van der Waals surface area contributed by atoms with E-state index in [0.29, 0.717) is 0 Å². The van der Waals surface area contributed by atoms with Crippen LogP contribution >= 0.6 is 0 Å². The number of anilines is 3. The van der Waals surface area contributed by atoms with Crippen molar-refractivity contribution in [3.63, 3.8) is 0 Å². The average molecular weight is 715 g/mol. The molecule has 0 saturated carbocycles. The van der Waals surface area contributed by atoms with E-state index in [1.807, 2.05) is 24.3 Å². The number of halogens is 1. The number of nitrogens with zero attached hydrogens (tertiary/aromatic N) is 1. The average Bonchev–Trinajstić information content (AvgIpc) is 3.26. The van der Waals surface area contributed by atoms with E-state index < -0.39 is 0 Å². The van der Waals surface area contributed by atoms with Crippen LogP contribution in [0.4, 0.5) is 21.5 Å². The van der Waals surface area contributed by atoms with Crippen molar-refractivity contribution in [2.45, 2.75) is 0 Å². The molecule has 0 unspecified atom stereocenters. The van der Waals surface area contributed by atoms with Crippen molar-refractivity contribution >= 4 is 75.4 Å². The summed E-state index contributed by atoms with van der Waals surface area (Å²) in [6.07, 6.45) is 3.75. The summed E-state index contributed by atoms with van der Waals surface area (Å²) in [6.45, 7) is 7.78. The summed E-state index contributed by atoms with van der Waals surface area (Å²) in [5.41, 5.74) is 20.0. The van der Waals surface area contributed by atoms with Crippen LogP contribution in [0.1, 0.15) is 11.1 Å². The first kappa shape index (κ1) is 33.7. The van der Waals surface area contributed by atoms with Crippen molar-refractivity contribution in [1.82, 2.24) is 0 Å². The molecule has 8 aromatic rings. The van der Waals surface area contributed by atoms with Crippen molar-refractivity contribution in [3.8, 4) is 33.4 Å². The highest BCUT2D eigenvalue weighted by molar-refractivity contribution is 7.02. The third kappa shape index (κ3) is 5.65. The van der Waals surface area contributed by atoms with Crippen LogP contribution in [0.2, 0.25) is 0 Å². The molecule has 0 N–H and O–H groups in total. The van der Waals surface area contributed by atoms with Crippen molar-refractivity contribution < 1.29 is 4.39 Å². The van der Waals surface area contributed by atoms with Crippen LogP contribution in [0, 0.1) is 5.82 Å². The van der Waals surface area contributed by atoms with Crippen molar-refractivity contribution in [3.05, 3.63) is 212 Å². The zero-order chi connectivity index (χ0) is 37.8. The Morgan fingerprint density at radius 2 is 0.750 bits per heavy atom. The van der Waals surface area contributed by atoms with Gasteiger partial charge in [-0.05, 0) is 90.6 Å². The minimum Gasteiger partial charge on any atom is -0.313 e. The molecule has 2 aliphatic rings. The lowest BCUT2D eigenvalue weighted by atomic mass is 9.30. The summed E-state index contributed by atoms with van der Waals surface area (Å²) >= 11 is 0. The van der Waals surface area contributed by atoms with E-state index >= 15 is 0 Å². The molecule has 2 aliphatic heterocycles. The predicted molar refractivity (Wildman–Crippen MR) is 240 cm³/mol. The van der Waals surface area contributed by atoms with Gasteiger partial charge in [0.05, 0.1) is 0 Å². The summed E-state index contributed by atoms with van der Waals surface area (Å²) in [5.74, 6) is -0.240. The largest absolute Gasteiger partial charge is 0.313 e.